The summed E-state index contributed by atoms with van der Waals surface area (Å²) in [6.45, 7) is 0. The van der Waals surface area contributed by atoms with Crippen molar-refractivity contribution < 1.29 is 0 Å². The van der Waals surface area contributed by atoms with E-state index in [0.29, 0.717) is 22.5 Å². The Labute approximate surface area is 302 Å². The third kappa shape index (κ3) is 4.36. The maximum absolute atomic E-state index is 6.94. The number of hydrogen-bond acceptors (Lipinski definition) is 6. The van der Waals surface area contributed by atoms with Crippen LogP contribution in [0.3, 0.4) is 0 Å². The van der Waals surface area contributed by atoms with Gasteiger partial charge in [0.1, 0.15) is 0 Å². The van der Waals surface area contributed by atoms with Crippen LogP contribution in [0, 0.1) is 0 Å². The molecule has 4 aromatic heterocycles. The second-order valence-electron chi connectivity index (χ2n) is 12.5. The predicted molar refractivity (Wildman–Crippen MR) is 217 cm³/mol. The molecule has 0 radical (unpaired) electrons. The molecule has 0 saturated carbocycles. The van der Waals surface area contributed by atoms with Crippen molar-refractivity contribution in [3.63, 3.8) is 0 Å². The molecule has 11 rings (SSSR count). The van der Waals surface area contributed by atoms with E-state index in [2.05, 4.69) is 127 Å². The van der Waals surface area contributed by atoms with Crippen molar-refractivity contribution in [3.8, 4) is 34.2 Å². The molecule has 7 heteroatoms. The minimum atomic E-state index is 0.612. The summed E-state index contributed by atoms with van der Waals surface area (Å²) < 4.78 is 7.28. The summed E-state index contributed by atoms with van der Waals surface area (Å²) in [4.78, 5) is 15.6. The van der Waals surface area contributed by atoms with Crippen LogP contribution in [0.15, 0.2) is 133 Å². The van der Waals surface area contributed by atoms with Gasteiger partial charge in [-0.1, -0.05) is 103 Å². The number of hydrogen-bond donors (Lipinski definition) is 0. The van der Waals surface area contributed by atoms with E-state index in [9.17, 15) is 0 Å². The first-order valence-corrected chi connectivity index (χ1v) is 19.1. The highest BCUT2D eigenvalue weighted by Crippen LogP contribution is 2.45. The zero-order chi connectivity index (χ0) is 32.9. The van der Waals surface area contributed by atoms with Crippen LogP contribution in [0.5, 0.6) is 0 Å². The average molecular weight is 712 g/mol. The molecule has 11 aromatic rings. The van der Waals surface area contributed by atoms with Crippen LogP contribution in [0.4, 0.5) is 0 Å². The SMILES string of the molecule is Clc1cc(-c2nc(-c3ccc4c(c3)sc3ccccc34)nc(-c3ccc4c(c3)sc3ccccc34)n2)c2sc3ccc4ccccc4c3c2c1. The summed E-state index contributed by atoms with van der Waals surface area (Å²) in [5.41, 5.74) is 2.82. The molecule has 0 atom stereocenters. The second-order valence-corrected chi connectivity index (χ2v) is 16.2. The van der Waals surface area contributed by atoms with Gasteiger partial charge in [-0.15, -0.1) is 34.0 Å². The number of thiophene rings is 3. The van der Waals surface area contributed by atoms with Crippen molar-refractivity contribution in [3.05, 3.63) is 138 Å². The lowest BCUT2D eigenvalue weighted by atomic mass is 10.0. The Morgan fingerprint density at radius 2 is 0.960 bits per heavy atom. The van der Waals surface area contributed by atoms with Crippen LogP contribution >= 0.6 is 45.6 Å². The third-order valence-corrected chi connectivity index (χ3v) is 13.3. The smallest absolute Gasteiger partial charge is 0.165 e. The van der Waals surface area contributed by atoms with Crippen LogP contribution in [0.25, 0.3) is 105 Å². The fourth-order valence-electron chi connectivity index (χ4n) is 7.26. The van der Waals surface area contributed by atoms with Crippen molar-refractivity contribution in [2.75, 3.05) is 0 Å². The molecular formula is C43H22ClN3S3. The summed E-state index contributed by atoms with van der Waals surface area (Å²) >= 11 is 12.3. The third-order valence-electron chi connectivity index (χ3n) is 9.58. The molecule has 0 amide bonds. The lowest BCUT2D eigenvalue weighted by Crippen LogP contribution is -2.00. The van der Waals surface area contributed by atoms with E-state index in [0.717, 1.165) is 26.8 Å². The fraction of sp³-hybridized carbons (Fsp3) is 0. The van der Waals surface area contributed by atoms with E-state index < -0.39 is 0 Å². The highest BCUT2D eigenvalue weighted by molar-refractivity contribution is 7.27. The molecule has 0 fully saturated rings. The molecule has 0 unspecified atom stereocenters. The first-order valence-electron chi connectivity index (χ1n) is 16.3. The van der Waals surface area contributed by atoms with Gasteiger partial charge in [0.2, 0.25) is 0 Å². The summed E-state index contributed by atoms with van der Waals surface area (Å²) in [6, 6.07) is 47.3. The number of benzene rings is 7. The quantitative estimate of drug-likeness (QED) is 0.183. The highest BCUT2D eigenvalue weighted by atomic mass is 35.5. The van der Waals surface area contributed by atoms with Crippen molar-refractivity contribution in [2.45, 2.75) is 0 Å². The zero-order valence-electron chi connectivity index (χ0n) is 26.1. The Morgan fingerprint density at radius 1 is 0.400 bits per heavy atom. The standard InChI is InChI=1S/C43H22ClN3S3/c44-26-21-32-39-27-8-2-1-7-23(27)15-18-36(39)50-40(32)33(22-26)43-46-41(24-13-16-30-28-9-3-5-11-34(28)48-37(30)19-24)45-42(47-43)25-14-17-31-29-10-4-6-12-35(29)49-38(31)20-25/h1-22H. The summed E-state index contributed by atoms with van der Waals surface area (Å²) in [6.07, 6.45) is 0. The van der Waals surface area contributed by atoms with E-state index in [1.54, 1.807) is 34.0 Å². The van der Waals surface area contributed by atoms with Crippen molar-refractivity contribution >= 4 is 117 Å². The molecule has 7 aromatic carbocycles. The molecule has 0 aliphatic heterocycles. The monoisotopic (exact) mass is 711 g/mol. The fourth-order valence-corrected chi connectivity index (χ4v) is 11.0. The van der Waals surface area contributed by atoms with E-state index in [4.69, 9.17) is 26.6 Å². The average Bonchev–Trinajstić information content (AvgIpc) is 3.85. The van der Waals surface area contributed by atoms with Crippen LogP contribution in [-0.2, 0) is 0 Å². The molecule has 0 aliphatic carbocycles. The second kappa shape index (κ2) is 10.9. The first-order chi connectivity index (χ1) is 24.6. The van der Waals surface area contributed by atoms with Crippen molar-refractivity contribution in [2.24, 2.45) is 0 Å². The highest BCUT2D eigenvalue weighted by Gasteiger charge is 2.20. The molecule has 0 aliphatic rings. The largest absolute Gasteiger partial charge is 0.208 e. The lowest BCUT2D eigenvalue weighted by Gasteiger charge is -2.10. The van der Waals surface area contributed by atoms with Gasteiger partial charge < -0.3 is 0 Å². The van der Waals surface area contributed by atoms with Crippen molar-refractivity contribution in [1.82, 2.24) is 15.0 Å². The number of halogens is 1. The Bertz CT molecular complexity index is 3060. The Balaban J connectivity index is 1.17. The first kappa shape index (κ1) is 28.6. The van der Waals surface area contributed by atoms with Gasteiger partial charge in [0.05, 0.1) is 0 Å². The molecule has 50 heavy (non-hydrogen) atoms. The number of fused-ring (bicyclic) bond motifs is 11. The van der Waals surface area contributed by atoms with Gasteiger partial charge in [-0.3, -0.25) is 0 Å². The lowest BCUT2D eigenvalue weighted by molar-refractivity contribution is 1.08. The maximum Gasteiger partial charge on any atom is 0.165 e. The Morgan fingerprint density at radius 3 is 1.62 bits per heavy atom. The van der Waals surface area contributed by atoms with Gasteiger partial charge >= 0.3 is 0 Å². The Kier molecular flexibility index (Phi) is 6.22. The minimum Gasteiger partial charge on any atom is -0.208 e. The number of aromatic nitrogens is 3. The van der Waals surface area contributed by atoms with Gasteiger partial charge in [-0.25, -0.2) is 15.0 Å². The van der Waals surface area contributed by atoms with Gasteiger partial charge in [0, 0.05) is 82.2 Å². The van der Waals surface area contributed by atoms with Crippen molar-refractivity contribution in [1.29, 1.82) is 0 Å². The summed E-state index contributed by atoms with van der Waals surface area (Å²) in [5, 5.41) is 10.4. The minimum absolute atomic E-state index is 0.612. The molecule has 3 nitrogen and oxygen atoms in total. The van der Waals surface area contributed by atoms with Crippen LogP contribution in [0.2, 0.25) is 5.02 Å². The maximum atomic E-state index is 6.94. The number of rotatable bonds is 3. The molecule has 0 saturated heterocycles. The van der Waals surface area contributed by atoms with E-state index >= 15 is 0 Å². The van der Waals surface area contributed by atoms with Gasteiger partial charge in [0.15, 0.2) is 17.5 Å². The van der Waals surface area contributed by atoms with Gasteiger partial charge in [0.25, 0.3) is 0 Å². The van der Waals surface area contributed by atoms with Crippen LogP contribution in [-0.4, -0.2) is 15.0 Å². The zero-order valence-corrected chi connectivity index (χ0v) is 29.4. The van der Waals surface area contributed by atoms with Crippen LogP contribution in [0.1, 0.15) is 0 Å². The number of nitrogens with zero attached hydrogens (tertiary/aromatic N) is 3. The van der Waals surface area contributed by atoms with Gasteiger partial charge in [-0.2, -0.15) is 0 Å². The molecule has 234 valence electrons. The predicted octanol–water partition coefficient (Wildman–Crippen LogP) is 13.8. The summed E-state index contributed by atoms with van der Waals surface area (Å²) in [5.74, 6) is 1.89. The normalized spacial score (nSPS) is 12.1. The molecule has 4 heterocycles. The van der Waals surface area contributed by atoms with E-state index in [-0.39, 0.29) is 0 Å². The van der Waals surface area contributed by atoms with E-state index in [1.807, 2.05) is 6.07 Å². The van der Waals surface area contributed by atoms with Gasteiger partial charge in [-0.05, 0) is 53.2 Å². The molecule has 0 N–H and O–H groups in total. The molecule has 0 bridgehead atoms. The Hall–Kier alpha value is -5.24. The van der Waals surface area contributed by atoms with Crippen LogP contribution < -0.4 is 0 Å². The molecular weight excluding hydrogens is 690 g/mol. The summed E-state index contributed by atoms with van der Waals surface area (Å²) in [7, 11) is 0. The topological polar surface area (TPSA) is 38.7 Å². The van der Waals surface area contributed by atoms with E-state index in [1.165, 1.54) is 61.2 Å². The molecule has 0 spiro atoms.